The van der Waals surface area contributed by atoms with Crippen LogP contribution in [-0.2, 0) is 0 Å². The number of nitrogens with one attached hydrogen (secondary N) is 1. The fraction of sp³-hybridized carbons (Fsp3) is 0.333. The second kappa shape index (κ2) is 6.53. The maximum Gasteiger partial charge on any atom is 0.0761 e. The minimum Gasteiger partial charge on any atom is -0.306 e. The Morgan fingerprint density at radius 3 is 2.53 bits per heavy atom. The quantitative estimate of drug-likeness (QED) is 0.702. The van der Waals surface area contributed by atoms with E-state index in [-0.39, 0.29) is 6.04 Å². The third-order valence-corrected chi connectivity index (χ3v) is 5.75. The van der Waals surface area contributed by atoms with Gasteiger partial charge in [0.1, 0.15) is 0 Å². The molecule has 1 heterocycles. The van der Waals surface area contributed by atoms with Crippen LogP contribution >= 0.6 is 43.2 Å². The van der Waals surface area contributed by atoms with E-state index in [1.807, 2.05) is 0 Å². The molecule has 0 saturated heterocycles. The number of benzene rings is 1. The van der Waals surface area contributed by atoms with E-state index in [1.54, 1.807) is 11.3 Å². The van der Waals surface area contributed by atoms with Crippen molar-refractivity contribution >= 4 is 43.2 Å². The van der Waals surface area contributed by atoms with Crippen LogP contribution in [-0.4, -0.2) is 6.54 Å². The lowest BCUT2D eigenvalue weighted by atomic mass is 9.94. The Bertz CT molecular complexity index is 578. The first-order valence-electron chi connectivity index (χ1n) is 6.28. The lowest BCUT2D eigenvalue weighted by molar-refractivity contribution is 0.627. The largest absolute Gasteiger partial charge is 0.306 e. The van der Waals surface area contributed by atoms with Crippen molar-refractivity contribution in [1.82, 2.24) is 5.32 Å². The van der Waals surface area contributed by atoms with Crippen molar-refractivity contribution in [2.75, 3.05) is 6.54 Å². The van der Waals surface area contributed by atoms with E-state index in [9.17, 15) is 0 Å². The van der Waals surface area contributed by atoms with Crippen molar-refractivity contribution in [3.8, 4) is 0 Å². The number of hydrogen-bond acceptors (Lipinski definition) is 2. The molecule has 0 amide bonds. The minimum absolute atomic E-state index is 0.238. The highest BCUT2D eigenvalue weighted by molar-refractivity contribution is 9.12. The lowest BCUT2D eigenvalue weighted by Crippen LogP contribution is -2.22. The van der Waals surface area contributed by atoms with E-state index in [0.717, 1.165) is 10.3 Å². The molecule has 1 N–H and O–H groups in total. The molecule has 4 heteroatoms. The molecule has 0 saturated carbocycles. The zero-order valence-corrected chi connectivity index (χ0v) is 15.2. The van der Waals surface area contributed by atoms with E-state index in [0.29, 0.717) is 0 Å². The Morgan fingerprint density at radius 1 is 1.21 bits per heavy atom. The fourth-order valence-electron chi connectivity index (χ4n) is 2.23. The first-order chi connectivity index (χ1) is 9.04. The van der Waals surface area contributed by atoms with E-state index < -0.39 is 0 Å². The summed E-state index contributed by atoms with van der Waals surface area (Å²) in [5.74, 6) is 0. The van der Waals surface area contributed by atoms with E-state index in [4.69, 9.17) is 0 Å². The molecule has 0 fully saturated rings. The molecule has 0 spiro atoms. The zero-order chi connectivity index (χ0) is 14.0. The van der Waals surface area contributed by atoms with Crippen LogP contribution in [0.5, 0.6) is 0 Å². The number of rotatable bonds is 4. The van der Waals surface area contributed by atoms with Gasteiger partial charge in [-0.3, -0.25) is 0 Å². The van der Waals surface area contributed by atoms with Gasteiger partial charge >= 0.3 is 0 Å². The standard InChI is InChI=1S/C15H17Br2NS/c1-4-18-14(12-8-13(16)19-15(12)17)11-7-5-6-9(2)10(11)3/h5-8,14,18H,4H2,1-3H3. The van der Waals surface area contributed by atoms with Crippen LogP contribution in [0, 0.1) is 13.8 Å². The van der Waals surface area contributed by atoms with Gasteiger partial charge in [0, 0.05) is 0 Å². The molecule has 0 aliphatic heterocycles. The summed E-state index contributed by atoms with van der Waals surface area (Å²) in [6.45, 7) is 7.45. The first kappa shape index (κ1) is 15.2. The summed E-state index contributed by atoms with van der Waals surface area (Å²) in [5.41, 5.74) is 5.36. The fourth-order valence-corrected chi connectivity index (χ4v) is 5.13. The van der Waals surface area contributed by atoms with Gasteiger partial charge in [-0.05, 0) is 80.6 Å². The van der Waals surface area contributed by atoms with Crippen molar-refractivity contribution in [2.24, 2.45) is 0 Å². The van der Waals surface area contributed by atoms with E-state index >= 15 is 0 Å². The van der Waals surface area contributed by atoms with E-state index in [1.165, 1.54) is 26.0 Å². The lowest BCUT2D eigenvalue weighted by Gasteiger charge is -2.21. The summed E-state index contributed by atoms with van der Waals surface area (Å²) < 4.78 is 2.34. The summed E-state index contributed by atoms with van der Waals surface area (Å²) >= 11 is 8.97. The summed E-state index contributed by atoms with van der Waals surface area (Å²) in [6.07, 6.45) is 0. The number of halogens is 2. The highest BCUT2D eigenvalue weighted by atomic mass is 79.9. The summed E-state index contributed by atoms with van der Waals surface area (Å²) in [6, 6.07) is 8.96. The molecule has 19 heavy (non-hydrogen) atoms. The van der Waals surface area contributed by atoms with Crippen LogP contribution in [0.25, 0.3) is 0 Å². The Balaban J connectivity index is 2.51. The highest BCUT2D eigenvalue weighted by Crippen LogP contribution is 2.38. The smallest absolute Gasteiger partial charge is 0.0761 e. The molecule has 0 aliphatic carbocycles. The average Bonchev–Trinajstić information content (AvgIpc) is 2.69. The molecule has 1 aromatic heterocycles. The van der Waals surface area contributed by atoms with Crippen LogP contribution < -0.4 is 5.32 Å². The van der Waals surface area contributed by atoms with Crippen molar-refractivity contribution in [3.63, 3.8) is 0 Å². The molecule has 2 aromatic rings. The minimum atomic E-state index is 0.238. The average molecular weight is 403 g/mol. The molecule has 1 atom stereocenters. The van der Waals surface area contributed by atoms with Crippen LogP contribution in [0.4, 0.5) is 0 Å². The highest BCUT2D eigenvalue weighted by Gasteiger charge is 2.20. The first-order valence-corrected chi connectivity index (χ1v) is 8.69. The topological polar surface area (TPSA) is 12.0 Å². The van der Waals surface area contributed by atoms with Gasteiger partial charge in [0.05, 0.1) is 13.6 Å². The van der Waals surface area contributed by atoms with Crippen molar-refractivity contribution in [2.45, 2.75) is 26.8 Å². The molecule has 1 aromatic carbocycles. The van der Waals surface area contributed by atoms with Gasteiger partial charge in [-0.1, -0.05) is 25.1 Å². The summed E-state index contributed by atoms with van der Waals surface area (Å²) in [7, 11) is 0. The number of aryl methyl sites for hydroxylation is 1. The third-order valence-electron chi connectivity index (χ3n) is 3.36. The molecule has 102 valence electrons. The normalized spacial score (nSPS) is 12.7. The molecule has 2 rings (SSSR count). The molecule has 1 unspecified atom stereocenters. The van der Waals surface area contributed by atoms with Crippen LogP contribution in [0.3, 0.4) is 0 Å². The van der Waals surface area contributed by atoms with Gasteiger partial charge in [-0.15, -0.1) is 11.3 Å². The Hall–Kier alpha value is -0.160. The summed E-state index contributed by atoms with van der Waals surface area (Å²) in [5, 5.41) is 3.59. The Kier molecular flexibility index (Phi) is 5.23. The number of thiophene rings is 1. The van der Waals surface area contributed by atoms with Gasteiger partial charge in [0.15, 0.2) is 0 Å². The maximum atomic E-state index is 3.68. The molecule has 0 aliphatic rings. The van der Waals surface area contributed by atoms with E-state index in [2.05, 4.69) is 82.2 Å². The predicted octanol–water partition coefficient (Wildman–Crippen LogP) is 5.59. The van der Waals surface area contributed by atoms with Gasteiger partial charge in [-0.2, -0.15) is 0 Å². The van der Waals surface area contributed by atoms with Gasteiger partial charge in [0.2, 0.25) is 0 Å². The van der Waals surface area contributed by atoms with Crippen molar-refractivity contribution in [1.29, 1.82) is 0 Å². The monoisotopic (exact) mass is 401 g/mol. The Morgan fingerprint density at radius 2 is 1.95 bits per heavy atom. The van der Waals surface area contributed by atoms with Crippen molar-refractivity contribution < 1.29 is 0 Å². The third kappa shape index (κ3) is 3.30. The number of hydrogen-bond donors (Lipinski definition) is 1. The molecular weight excluding hydrogens is 386 g/mol. The van der Waals surface area contributed by atoms with Gasteiger partial charge in [0.25, 0.3) is 0 Å². The second-order valence-corrected chi connectivity index (χ2v) is 8.31. The predicted molar refractivity (Wildman–Crippen MR) is 91.2 cm³/mol. The zero-order valence-electron chi connectivity index (χ0n) is 11.3. The molecular formula is C15H17Br2NS. The summed E-state index contributed by atoms with van der Waals surface area (Å²) in [4.78, 5) is 0. The Labute approximate surface area is 135 Å². The van der Waals surface area contributed by atoms with Gasteiger partial charge in [-0.25, -0.2) is 0 Å². The van der Waals surface area contributed by atoms with Gasteiger partial charge < -0.3 is 5.32 Å². The SMILES string of the molecule is CCNC(c1cc(Br)sc1Br)c1cccc(C)c1C. The van der Waals surface area contributed by atoms with Crippen LogP contribution in [0.1, 0.15) is 35.2 Å². The molecule has 1 nitrogen and oxygen atoms in total. The van der Waals surface area contributed by atoms with Crippen LogP contribution in [0.2, 0.25) is 0 Å². The maximum absolute atomic E-state index is 3.68. The van der Waals surface area contributed by atoms with Crippen molar-refractivity contribution in [3.05, 3.63) is 54.1 Å². The molecule has 0 bridgehead atoms. The van der Waals surface area contributed by atoms with Crippen LogP contribution in [0.15, 0.2) is 31.8 Å². The second-order valence-electron chi connectivity index (χ2n) is 4.56. The molecule has 0 radical (unpaired) electrons.